The molecule has 0 saturated carbocycles. The van der Waals surface area contributed by atoms with Crippen molar-refractivity contribution in [2.75, 3.05) is 38.7 Å². The number of unbranched alkanes of at least 4 members (excludes halogenated alkanes) is 1. The van der Waals surface area contributed by atoms with Crippen LogP contribution in [0.5, 0.6) is 0 Å². The summed E-state index contributed by atoms with van der Waals surface area (Å²) in [6.45, 7) is 2.28. The Labute approximate surface area is 280 Å². The lowest BCUT2D eigenvalue weighted by molar-refractivity contribution is -0.145. The van der Waals surface area contributed by atoms with E-state index in [2.05, 4.69) is 10.6 Å². The Hall–Kier alpha value is -4.37. The lowest BCUT2D eigenvalue weighted by Crippen LogP contribution is -2.45. The molecule has 0 aliphatic carbocycles. The predicted molar refractivity (Wildman–Crippen MR) is 175 cm³/mol. The van der Waals surface area contributed by atoms with Crippen LogP contribution in [0, 0.1) is 11.8 Å². The molecule has 0 aromatic heterocycles. The number of carbonyl (C=O) groups is 7. The van der Waals surface area contributed by atoms with Gasteiger partial charge in [0.15, 0.2) is 0 Å². The molecule has 15 nitrogen and oxygen atoms in total. The van der Waals surface area contributed by atoms with E-state index in [4.69, 9.17) is 26.0 Å². The molecule has 1 rings (SSSR count). The molecule has 3 unspecified atom stereocenters. The average Bonchev–Trinajstić information content (AvgIpc) is 3.03. The molecule has 0 radical (unpaired) electrons. The first kappa shape index (κ1) is 41.7. The second kappa shape index (κ2) is 23.9. The van der Waals surface area contributed by atoms with Crippen LogP contribution in [-0.2, 0) is 38.2 Å². The van der Waals surface area contributed by atoms with Gasteiger partial charge in [0.1, 0.15) is 24.2 Å². The number of ether oxygens (including phenoxy) is 2. The summed E-state index contributed by atoms with van der Waals surface area (Å²) in [6.07, 6.45) is 2.27. The van der Waals surface area contributed by atoms with Crippen LogP contribution in [0.4, 0.5) is 5.69 Å². The van der Waals surface area contributed by atoms with Gasteiger partial charge in [-0.2, -0.15) is 0 Å². The maximum Gasteiger partial charge on any atom is 0.306 e. The summed E-state index contributed by atoms with van der Waals surface area (Å²) in [5.74, 6) is -5.74. The van der Waals surface area contributed by atoms with Gasteiger partial charge in [-0.05, 0) is 69.2 Å². The van der Waals surface area contributed by atoms with Gasteiger partial charge in [0, 0.05) is 50.1 Å². The number of carbonyl (C=O) groups excluding carboxylic acids is 5. The van der Waals surface area contributed by atoms with Crippen molar-refractivity contribution < 1.29 is 53.2 Å². The van der Waals surface area contributed by atoms with Crippen molar-refractivity contribution in [3.63, 3.8) is 0 Å². The topological polar surface area (TPSA) is 255 Å². The number of carboxylic acids is 2. The molecular weight excluding hydrogens is 628 g/mol. The van der Waals surface area contributed by atoms with Crippen molar-refractivity contribution in [3.8, 4) is 0 Å². The van der Waals surface area contributed by atoms with Crippen LogP contribution in [0.15, 0.2) is 24.3 Å². The number of aliphatic carboxylic acids is 2. The van der Waals surface area contributed by atoms with Crippen molar-refractivity contribution in [2.45, 2.75) is 83.6 Å². The van der Waals surface area contributed by atoms with E-state index in [0.29, 0.717) is 49.9 Å². The first-order valence-corrected chi connectivity index (χ1v) is 16.2. The number of anilines is 1. The number of amides is 3. The average molecular weight is 679 g/mol. The molecule has 0 spiro atoms. The molecular formula is C33H50N4O11. The SMILES string of the molecule is CCC(CCC(=O)CC(CCC(=O)CCCOCCOCC(=O)NC(CCCCNC(=O)c1ccc(N)cc1)C(N)=O)C(=O)O)C(=O)O. The van der Waals surface area contributed by atoms with E-state index >= 15 is 0 Å². The third-order valence-corrected chi connectivity index (χ3v) is 7.61. The summed E-state index contributed by atoms with van der Waals surface area (Å²) in [4.78, 5) is 83.0. The van der Waals surface area contributed by atoms with Gasteiger partial charge in [-0.3, -0.25) is 33.6 Å². The minimum atomic E-state index is -1.17. The molecule has 1 aromatic carbocycles. The lowest BCUT2D eigenvalue weighted by Gasteiger charge is -2.15. The van der Waals surface area contributed by atoms with Gasteiger partial charge in [0.25, 0.3) is 5.91 Å². The van der Waals surface area contributed by atoms with E-state index in [1.165, 1.54) is 0 Å². The number of nitrogens with two attached hydrogens (primary N) is 2. The Kier molecular flexibility index (Phi) is 20.7. The summed E-state index contributed by atoms with van der Waals surface area (Å²) in [7, 11) is 0. The molecule has 0 heterocycles. The van der Waals surface area contributed by atoms with E-state index in [1.807, 2.05) is 0 Å². The summed E-state index contributed by atoms with van der Waals surface area (Å²) in [5, 5.41) is 23.8. The van der Waals surface area contributed by atoms with Crippen LogP contribution in [0.1, 0.15) is 87.9 Å². The van der Waals surface area contributed by atoms with Gasteiger partial charge in [-0.15, -0.1) is 0 Å². The third kappa shape index (κ3) is 18.7. The molecule has 3 amide bonds. The number of rotatable bonds is 28. The van der Waals surface area contributed by atoms with Crippen molar-refractivity contribution >= 4 is 46.9 Å². The maximum atomic E-state index is 12.2. The number of hydrogen-bond donors (Lipinski definition) is 6. The molecule has 0 bridgehead atoms. The Balaban J connectivity index is 2.15. The Morgan fingerprint density at radius 3 is 2.02 bits per heavy atom. The normalized spacial score (nSPS) is 12.8. The molecule has 0 fully saturated rings. The third-order valence-electron chi connectivity index (χ3n) is 7.61. The maximum absolute atomic E-state index is 12.2. The zero-order chi connectivity index (χ0) is 35.9. The highest BCUT2D eigenvalue weighted by molar-refractivity contribution is 5.94. The standard InChI is InChI=1S/C33H50N4O11/c1-2-22(32(43)44)10-15-27(39)20-24(33(45)46)11-14-26(38)6-5-17-47-18-19-48-21-29(40)37-28(30(35)41)7-3-4-16-36-31(42)23-8-12-25(34)13-9-23/h8-9,12-13,22,24,28H,2-7,10-11,14-21,34H2,1H3,(H2,35,41)(H,36,42)(H,37,40)(H,43,44)(H,45,46). The van der Waals surface area contributed by atoms with Crippen molar-refractivity contribution in [1.82, 2.24) is 10.6 Å². The number of nitrogens with one attached hydrogen (secondary N) is 2. The number of primary amides is 1. The van der Waals surface area contributed by atoms with Crippen LogP contribution in [0.3, 0.4) is 0 Å². The second-order valence-electron chi connectivity index (χ2n) is 11.5. The van der Waals surface area contributed by atoms with Gasteiger partial charge >= 0.3 is 11.9 Å². The molecule has 1 aromatic rings. The fraction of sp³-hybridized carbons (Fsp3) is 0.606. The van der Waals surface area contributed by atoms with Gasteiger partial charge in [0.05, 0.1) is 25.0 Å². The molecule has 8 N–H and O–H groups in total. The predicted octanol–water partition coefficient (Wildman–Crippen LogP) is 1.85. The quantitative estimate of drug-likeness (QED) is 0.0548. The van der Waals surface area contributed by atoms with Crippen LogP contribution in [-0.4, -0.2) is 90.5 Å². The molecule has 48 heavy (non-hydrogen) atoms. The van der Waals surface area contributed by atoms with Crippen LogP contribution in [0.25, 0.3) is 0 Å². The van der Waals surface area contributed by atoms with Gasteiger partial charge in [-0.25, -0.2) is 0 Å². The second-order valence-corrected chi connectivity index (χ2v) is 11.5. The van der Waals surface area contributed by atoms with E-state index in [0.717, 1.165) is 0 Å². The smallest absolute Gasteiger partial charge is 0.306 e. The number of ketones is 2. The van der Waals surface area contributed by atoms with Gasteiger partial charge in [-0.1, -0.05) is 6.92 Å². The number of Topliss-reactive ketones (excluding diaryl/α,β-unsaturated/α-hetero) is 2. The number of benzene rings is 1. The Morgan fingerprint density at radius 1 is 0.771 bits per heavy atom. The highest BCUT2D eigenvalue weighted by atomic mass is 16.5. The highest BCUT2D eigenvalue weighted by Gasteiger charge is 2.24. The van der Waals surface area contributed by atoms with Crippen LogP contribution in [0.2, 0.25) is 0 Å². The minimum absolute atomic E-state index is 0.00254. The van der Waals surface area contributed by atoms with Gasteiger partial charge < -0.3 is 41.8 Å². The first-order chi connectivity index (χ1) is 22.8. The van der Waals surface area contributed by atoms with Gasteiger partial charge in [0.2, 0.25) is 11.8 Å². The van der Waals surface area contributed by atoms with Crippen molar-refractivity contribution in [3.05, 3.63) is 29.8 Å². The molecule has 0 aliphatic heterocycles. The Morgan fingerprint density at radius 2 is 1.40 bits per heavy atom. The summed E-state index contributed by atoms with van der Waals surface area (Å²) in [6, 6.07) is 5.63. The summed E-state index contributed by atoms with van der Waals surface area (Å²) < 4.78 is 10.7. The Bertz CT molecular complexity index is 1210. The van der Waals surface area contributed by atoms with Crippen molar-refractivity contribution in [2.24, 2.45) is 17.6 Å². The highest BCUT2D eigenvalue weighted by Crippen LogP contribution is 2.18. The fourth-order valence-corrected chi connectivity index (χ4v) is 4.68. The molecule has 0 saturated heterocycles. The number of hydrogen-bond acceptors (Lipinski definition) is 10. The number of nitrogen functional groups attached to an aromatic ring is 1. The molecule has 15 heteroatoms. The zero-order valence-electron chi connectivity index (χ0n) is 27.6. The zero-order valence-corrected chi connectivity index (χ0v) is 27.6. The summed E-state index contributed by atoms with van der Waals surface area (Å²) >= 11 is 0. The van der Waals surface area contributed by atoms with E-state index in [1.54, 1.807) is 31.2 Å². The molecule has 0 aliphatic rings. The van der Waals surface area contributed by atoms with E-state index < -0.39 is 41.6 Å². The number of carboxylic acid groups (broad SMARTS) is 2. The monoisotopic (exact) mass is 678 g/mol. The summed E-state index contributed by atoms with van der Waals surface area (Å²) in [5.41, 5.74) is 12.1. The van der Waals surface area contributed by atoms with E-state index in [-0.39, 0.29) is 82.4 Å². The molecule has 3 atom stereocenters. The van der Waals surface area contributed by atoms with E-state index in [9.17, 15) is 38.7 Å². The fourth-order valence-electron chi connectivity index (χ4n) is 4.68. The minimum Gasteiger partial charge on any atom is -0.481 e. The first-order valence-electron chi connectivity index (χ1n) is 16.2. The van der Waals surface area contributed by atoms with Crippen molar-refractivity contribution in [1.29, 1.82) is 0 Å². The molecule has 268 valence electrons. The van der Waals surface area contributed by atoms with Crippen LogP contribution < -0.4 is 22.1 Å². The largest absolute Gasteiger partial charge is 0.481 e. The van der Waals surface area contributed by atoms with Crippen LogP contribution >= 0.6 is 0 Å². The lowest BCUT2D eigenvalue weighted by atomic mass is 9.91.